The highest BCUT2D eigenvalue weighted by Gasteiger charge is 2.10. The zero-order chi connectivity index (χ0) is 11.8. The van der Waals surface area contributed by atoms with E-state index in [2.05, 4.69) is 25.7 Å². The third-order valence-electron chi connectivity index (χ3n) is 2.80. The van der Waals surface area contributed by atoms with E-state index in [0.29, 0.717) is 12.1 Å². The largest absolute Gasteiger partial charge is 0.468 e. The van der Waals surface area contributed by atoms with Crippen LogP contribution >= 0.6 is 0 Å². The molecule has 2 heteroatoms. The molecule has 2 nitrogen and oxygen atoms in total. The number of nitrogens with one attached hydrogen (secondary N) is 1. The van der Waals surface area contributed by atoms with Crippen molar-refractivity contribution in [1.29, 1.82) is 0 Å². The van der Waals surface area contributed by atoms with Crippen molar-refractivity contribution in [2.24, 2.45) is 0 Å². The van der Waals surface area contributed by atoms with Crippen LogP contribution in [0, 0.1) is 0 Å². The molecule has 90 valence electrons. The zero-order valence-electron chi connectivity index (χ0n) is 10.4. The van der Waals surface area contributed by atoms with Gasteiger partial charge >= 0.3 is 0 Å². The molecule has 0 amide bonds. The van der Waals surface area contributed by atoms with Gasteiger partial charge in [0.1, 0.15) is 5.76 Å². The number of unbranched alkanes of at least 4 members (excludes halogenated alkanes) is 2. The molecule has 0 aliphatic heterocycles. The van der Waals surface area contributed by atoms with E-state index in [4.69, 9.17) is 4.42 Å². The minimum Gasteiger partial charge on any atom is -0.468 e. The van der Waals surface area contributed by atoms with Crippen LogP contribution in [-0.4, -0.2) is 6.04 Å². The summed E-state index contributed by atoms with van der Waals surface area (Å²) in [5, 5.41) is 3.54. The molecule has 0 bridgehead atoms. The molecule has 0 saturated heterocycles. The fourth-order valence-corrected chi connectivity index (χ4v) is 1.87. The second kappa shape index (κ2) is 7.29. The molecule has 1 N–H and O–H groups in total. The lowest BCUT2D eigenvalue weighted by Crippen LogP contribution is -2.28. The first-order valence-electron chi connectivity index (χ1n) is 6.14. The second-order valence-corrected chi connectivity index (χ2v) is 4.38. The van der Waals surface area contributed by atoms with Gasteiger partial charge in [0.15, 0.2) is 0 Å². The van der Waals surface area contributed by atoms with Crippen molar-refractivity contribution in [3.05, 3.63) is 36.8 Å². The Morgan fingerprint density at radius 2 is 2.25 bits per heavy atom. The lowest BCUT2D eigenvalue weighted by atomic mass is 10.1. The summed E-state index contributed by atoms with van der Waals surface area (Å²) < 4.78 is 5.36. The average Bonchev–Trinajstić information content (AvgIpc) is 2.77. The van der Waals surface area contributed by atoms with E-state index >= 15 is 0 Å². The fraction of sp³-hybridized carbons (Fsp3) is 0.571. The molecule has 2 atom stereocenters. The van der Waals surface area contributed by atoms with Gasteiger partial charge in [-0.1, -0.05) is 12.5 Å². The normalized spacial score (nSPS) is 14.6. The van der Waals surface area contributed by atoms with Crippen molar-refractivity contribution >= 4 is 0 Å². The van der Waals surface area contributed by atoms with Crippen molar-refractivity contribution in [2.45, 2.75) is 51.6 Å². The van der Waals surface area contributed by atoms with Crippen LogP contribution < -0.4 is 5.32 Å². The molecule has 1 rings (SSSR count). The Labute approximate surface area is 98.7 Å². The van der Waals surface area contributed by atoms with Crippen molar-refractivity contribution < 1.29 is 4.42 Å². The molecular weight excluding hydrogens is 198 g/mol. The van der Waals surface area contributed by atoms with Crippen LogP contribution in [0.2, 0.25) is 0 Å². The third-order valence-corrected chi connectivity index (χ3v) is 2.80. The van der Waals surface area contributed by atoms with Gasteiger partial charge in [-0.2, -0.15) is 0 Å². The van der Waals surface area contributed by atoms with E-state index in [9.17, 15) is 0 Å². The molecule has 1 aromatic heterocycles. The van der Waals surface area contributed by atoms with Gasteiger partial charge in [0, 0.05) is 6.04 Å². The van der Waals surface area contributed by atoms with Crippen LogP contribution in [0.4, 0.5) is 0 Å². The van der Waals surface area contributed by atoms with E-state index in [1.165, 1.54) is 19.3 Å². The summed E-state index contributed by atoms with van der Waals surface area (Å²) in [5.41, 5.74) is 0. The summed E-state index contributed by atoms with van der Waals surface area (Å²) in [6.45, 7) is 8.10. The van der Waals surface area contributed by atoms with Gasteiger partial charge in [0.2, 0.25) is 0 Å². The predicted octanol–water partition coefficient (Wildman–Crippen LogP) is 4.07. The molecule has 0 saturated carbocycles. The van der Waals surface area contributed by atoms with Crippen molar-refractivity contribution in [3.8, 4) is 0 Å². The highest BCUT2D eigenvalue weighted by molar-refractivity contribution is 5.03. The highest BCUT2D eigenvalue weighted by Crippen LogP contribution is 2.14. The fourth-order valence-electron chi connectivity index (χ4n) is 1.87. The number of furan rings is 1. The first kappa shape index (κ1) is 13.0. The van der Waals surface area contributed by atoms with Gasteiger partial charge in [-0.3, -0.25) is 0 Å². The summed E-state index contributed by atoms with van der Waals surface area (Å²) in [6.07, 6.45) is 8.54. The molecule has 0 aliphatic carbocycles. The highest BCUT2D eigenvalue weighted by atomic mass is 16.3. The molecule has 2 unspecified atom stereocenters. The quantitative estimate of drug-likeness (QED) is 0.529. The average molecular weight is 221 g/mol. The SMILES string of the molecule is C=CCCCCC(C)NC(C)c1ccco1. The molecule has 0 aliphatic rings. The summed E-state index contributed by atoms with van der Waals surface area (Å²) in [4.78, 5) is 0. The molecule has 16 heavy (non-hydrogen) atoms. The van der Waals surface area contributed by atoms with Crippen molar-refractivity contribution in [3.63, 3.8) is 0 Å². The van der Waals surface area contributed by atoms with Gasteiger partial charge in [-0.15, -0.1) is 6.58 Å². The molecular formula is C14H23NO. The second-order valence-electron chi connectivity index (χ2n) is 4.38. The molecule has 1 aromatic rings. The lowest BCUT2D eigenvalue weighted by molar-refractivity contribution is 0.383. The predicted molar refractivity (Wildman–Crippen MR) is 68.4 cm³/mol. The topological polar surface area (TPSA) is 25.2 Å². The first-order chi connectivity index (χ1) is 7.74. The Bertz CT molecular complexity index is 279. The minimum absolute atomic E-state index is 0.296. The molecule has 1 heterocycles. The first-order valence-corrected chi connectivity index (χ1v) is 6.14. The van der Waals surface area contributed by atoms with Crippen LogP contribution in [0.25, 0.3) is 0 Å². The van der Waals surface area contributed by atoms with E-state index in [-0.39, 0.29) is 0 Å². The van der Waals surface area contributed by atoms with Crippen LogP contribution in [-0.2, 0) is 0 Å². The zero-order valence-corrected chi connectivity index (χ0v) is 10.4. The number of hydrogen-bond acceptors (Lipinski definition) is 2. The van der Waals surface area contributed by atoms with Crippen molar-refractivity contribution in [2.75, 3.05) is 0 Å². The number of rotatable bonds is 8. The summed E-state index contributed by atoms with van der Waals surface area (Å²) in [6, 6.07) is 4.78. The van der Waals surface area contributed by atoms with Gasteiger partial charge in [-0.25, -0.2) is 0 Å². The smallest absolute Gasteiger partial charge is 0.120 e. The van der Waals surface area contributed by atoms with Gasteiger partial charge in [-0.05, 0) is 45.2 Å². The summed E-state index contributed by atoms with van der Waals surface area (Å²) in [5.74, 6) is 1.01. The van der Waals surface area contributed by atoms with E-state index in [0.717, 1.165) is 12.2 Å². The van der Waals surface area contributed by atoms with Crippen LogP contribution in [0.5, 0.6) is 0 Å². The van der Waals surface area contributed by atoms with Gasteiger partial charge in [0.25, 0.3) is 0 Å². The number of hydrogen-bond donors (Lipinski definition) is 1. The molecule has 0 aromatic carbocycles. The third kappa shape index (κ3) is 4.67. The summed E-state index contributed by atoms with van der Waals surface area (Å²) in [7, 11) is 0. The maximum atomic E-state index is 5.36. The van der Waals surface area contributed by atoms with E-state index in [1.54, 1.807) is 6.26 Å². The van der Waals surface area contributed by atoms with Crippen LogP contribution in [0.3, 0.4) is 0 Å². The minimum atomic E-state index is 0.296. The van der Waals surface area contributed by atoms with Crippen LogP contribution in [0.15, 0.2) is 35.5 Å². The Morgan fingerprint density at radius 1 is 1.44 bits per heavy atom. The Balaban J connectivity index is 2.18. The Morgan fingerprint density at radius 3 is 2.88 bits per heavy atom. The maximum Gasteiger partial charge on any atom is 0.120 e. The van der Waals surface area contributed by atoms with Gasteiger partial charge in [0.05, 0.1) is 12.3 Å². The molecule has 0 spiro atoms. The molecule has 0 radical (unpaired) electrons. The summed E-state index contributed by atoms with van der Waals surface area (Å²) >= 11 is 0. The van der Waals surface area contributed by atoms with E-state index in [1.807, 2.05) is 18.2 Å². The van der Waals surface area contributed by atoms with Crippen molar-refractivity contribution in [1.82, 2.24) is 5.32 Å². The van der Waals surface area contributed by atoms with Gasteiger partial charge < -0.3 is 9.73 Å². The molecule has 0 fully saturated rings. The Kier molecular flexibility index (Phi) is 5.94. The number of allylic oxidation sites excluding steroid dienone is 1. The monoisotopic (exact) mass is 221 g/mol. The Hall–Kier alpha value is -1.02. The van der Waals surface area contributed by atoms with E-state index < -0.39 is 0 Å². The standard InChI is InChI=1S/C14H23NO/c1-4-5-6-7-9-12(2)15-13(3)14-10-8-11-16-14/h4,8,10-13,15H,1,5-7,9H2,2-3H3. The lowest BCUT2D eigenvalue weighted by Gasteiger charge is -2.18. The maximum absolute atomic E-state index is 5.36. The van der Waals surface area contributed by atoms with Crippen LogP contribution in [0.1, 0.15) is 51.3 Å².